The van der Waals surface area contributed by atoms with E-state index in [1.54, 1.807) is 0 Å². The van der Waals surface area contributed by atoms with Crippen LogP contribution in [0.1, 0.15) is 33.5 Å². The van der Waals surface area contributed by atoms with Crippen molar-refractivity contribution in [3.8, 4) is 0 Å². The van der Waals surface area contributed by atoms with Gasteiger partial charge in [0, 0.05) is 0 Å². The van der Waals surface area contributed by atoms with Gasteiger partial charge in [-0.3, -0.25) is 0 Å². The van der Waals surface area contributed by atoms with E-state index in [-0.39, 0.29) is 23.7 Å². The highest BCUT2D eigenvalue weighted by atomic mass is 16.5. The number of esters is 1. The fourth-order valence-electron chi connectivity index (χ4n) is 2.14. The van der Waals surface area contributed by atoms with Crippen LogP contribution in [0.3, 0.4) is 0 Å². The first-order valence-electron chi connectivity index (χ1n) is 7.40. The van der Waals surface area contributed by atoms with Crippen molar-refractivity contribution in [1.29, 1.82) is 0 Å². The zero-order valence-corrected chi connectivity index (χ0v) is 13.1. The molecule has 0 aliphatic heterocycles. The lowest BCUT2D eigenvalue weighted by atomic mass is 10.1. The van der Waals surface area contributed by atoms with Crippen molar-refractivity contribution in [1.82, 2.24) is 0 Å². The average molecular weight is 336 g/mol. The van der Waals surface area contributed by atoms with Crippen molar-refractivity contribution in [2.24, 2.45) is 0 Å². The van der Waals surface area contributed by atoms with Gasteiger partial charge in [-0.05, 0) is 18.6 Å². The number of aliphatic hydroxyl groups is 4. The Bertz CT molecular complexity index is 665. The molecule has 4 N–H and O–H groups in total. The average Bonchev–Trinajstić information content (AvgIpc) is 3.00. The molecule has 0 aliphatic carbocycles. The molecule has 0 saturated heterocycles. The van der Waals surface area contributed by atoms with Crippen molar-refractivity contribution in [3.63, 3.8) is 0 Å². The highest BCUT2D eigenvalue weighted by Crippen LogP contribution is 2.25. The molecule has 0 bridgehead atoms. The van der Waals surface area contributed by atoms with E-state index in [9.17, 15) is 20.1 Å². The highest BCUT2D eigenvalue weighted by Gasteiger charge is 2.29. The molecule has 1 aromatic carbocycles. The molecule has 1 aromatic heterocycles. The molecule has 3 atom stereocenters. The van der Waals surface area contributed by atoms with Crippen LogP contribution < -0.4 is 0 Å². The minimum absolute atomic E-state index is 0.0913. The second-order valence-corrected chi connectivity index (χ2v) is 5.37. The zero-order chi connectivity index (χ0) is 17.7. The van der Waals surface area contributed by atoms with Crippen LogP contribution in [0.5, 0.6) is 0 Å². The fourth-order valence-corrected chi connectivity index (χ4v) is 2.14. The molecular weight excluding hydrogens is 316 g/mol. The molecule has 2 rings (SSSR count). The van der Waals surface area contributed by atoms with Gasteiger partial charge < -0.3 is 29.6 Å². The van der Waals surface area contributed by atoms with Crippen LogP contribution in [0.25, 0.3) is 0 Å². The second kappa shape index (κ2) is 8.07. The monoisotopic (exact) mass is 336 g/mol. The molecule has 24 heavy (non-hydrogen) atoms. The lowest BCUT2D eigenvalue weighted by Gasteiger charge is -2.19. The lowest BCUT2D eigenvalue weighted by Crippen LogP contribution is -2.34. The van der Waals surface area contributed by atoms with E-state index < -0.39 is 30.9 Å². The van der Waals surface area contributed by atoms with Crippen molar-refractivity contribution < 1.29 is 34.4 Å². The highest BCUT2D eigenvalue weighted by molar-refractivity contribution is 5.90. The van der Waals surface area contributed by atoms with Gasteiger partial charge in [-0.15, -0.1) is 0 Å². The number of carbonyl (C=O) groups is 1. The van der Waals surface area contributed by atoms with Gasteiger partial charge in [0.25, 0.3) is 0 Å². The predicted molar refractivity (Wildman–Crippen MR) is 83.1 cm³/mol. The number of furan rings is 1. The molecule has 7 heteroatoms. The van der Waals surface area contributed by atoms with Crippen LogP contribution in [0.2, 0.25) is 0 Å². The standard InChI is InChI=1S/C17H20O7/c1-10-12(17(22)23-9-11-5-3-2-4-6-11)7-14(24-10)16(21)15(20)13(19)8-18/h2-7,13,15-16,18-21H,8-9H2,1H3/t13-,15-,16-/m1/s1. The summed E-state index contributed by atoms with van der Waals surface area (Å²) in [6.07, 6.45) is -4.76. The van der Waals surface area contributed by atoms with Gasteiger partial charge >= 0.3 is 5.97 Å². The largest absolute Gasteiger partial charge is 0.463 e. The van der Waals surface area contributed by atoms with Gasteiger partial charge in [-0.1, -0.05) is 30.3 Å². The summed E-state index contributed by atoms with van der Waals surface area (Å²) in [5.74, 6) is -0.511. The fraction of sp³-hybridized carbons (Fsp3) is 0.353. The molecule has 0 aliphatic rings. The van der Waals surface area contributed by atoms with Crippen molar-refractivity contribution in [2.75, 3.05) is 6.61 Å². The topological polar surface area (TPSA) is 120 Å². The molecule has 7 nitrogen and oxygen atoms in total. The summed E-state index contributed by atoms with van der Waals surface area (Å²) in [6.45, 7) is 0.891. The maximum atomic E-state index is 12.1. The van der Waals surface area contributed by atoms with Crippen molar-refractivity contribution in [3.05, 3.63) is 59.0 Å². The minimum Gasteiger partial charge on any atom is -0.463 e. The first-order chi connectivity index (χ1) is 11.4. The van der Waals surface area contributed by atoms with Crippen molar-refractivity contribution >= 4 is 5.97 Å². The Hall–Kier alpha value is -2.19. The van der Waals surface area contributed by atoms with Crippen LogP contribution in [-0.2, 0) is 11.3 Å². The predicted octanol–water partition coefficient (Wildman–Crippen LogP) is 0.693. The summed E-state index contributed by atoms with van der Waals surface area (Å²) in [5, 5.41) is 37.8. The van der Waals surface area contributed by atoms with Crippen LogP contribution >= 0.6 is 0 Å². The van der Waals surface area contributed by atoms with E-state index >= 15 is 0 Å². The second-order valence-electron chi connectivity index (χ2n) is 5.37. The number of hydrogen-bond donors (Lipinski definition) is 4. The molecule has 0 fully saturated rings. The number of hydrogen-bond acceptors (Lipinski definition) is 7. The molecule has 130 valence electrons. The Morgan fingerprint density at radius 3 is 2.50 bits per heavy atom. The summed E-state index contributed by atoms with van der Waals surface area (Å²) in [5.41, 5.74) is 0.944. The van der Waals surface area contributed by atoms with E-state index in [0.717, 1.165) is 5.56 Å². The van der Waals surface area contributed by atoms with Crippen LogP contribution in [0, 0.1) is 6.92 Å². The third-order valence-electron chi connectivity index (χ3n) is 3.57. The third-order valence-corrected chi connectivity index (χ3v) is 3.57. The summed E-state index contributed by atoms with van der Waals surface area (Å²) in [4.78, 5) is 12.1. The SMILES string of the molecule is Cc1oc([C@@H](O)[C@H](O)[C@H](O)CO)cc1C(=O)OCc1ccccc1. The van der Waals surface area contributed by atoms with E-state index in [0.29, 0.717) is 0 Å². The van der Waals surface area contributed by atoms with Gasteiger partial charge in [-0.2, -0.15) is 0 Å². The molecule has 1 heterocycles. The maximum Gasteiger partial charge on any atom is 0.342 e. The molecule has 0 amide bonds. The molecular formula is C17H20O7. The number of benzene rings is 1. The zero-order valence-electron chi connectivity index (χ0n) is 13.1. The molecule has 0 radical (unpaired) electrons. The third kappa shape index (κ3) is 4.21. The van der Waals surface area contributed by atoms with E-state index in [2.05, 4.69) is 0 Å². The quantitative estimate of drug-likeness (QED) is 0.549. The summed E-state index contributed by atoms with van der Waals surface area (Å²) in [7, 11) is 0. The number of ether oxygens (including phenoxy) is 1. The van der Waals surface area contributed by atoms with Crippen LogP contribution in [0.15, 0.2) is 40.8 Å². The van der Waals surface area contributed by atoms with E-state index in [1.807, 2.05) is 30.3 Å². The lowest BCUT2D eigenvalue weighted by molar-refractivity contribution is -0.0837. The Labute approximate surface area is 138 Å². The Balaban J connectivity index is 2.06. The summed E-state index contributed by atoms with van der Waals surface area (Å²) < 4.78 is 10.4. The normalized spacial score (nSPS) is 14.9. The van der Waals surface area contributed by atoms with Gasteiger partial charge in [0.15, 0.2) is 0 Å². The number of aliphatic hydroxyl groups excluding tert-OH is 4. The number of rotatable bonds is 7. The molecule has 2 aromatic rings. The molecule has 0 unspecified atom stereocenters. The number of aryl methyl sites for hydroxylation is 1. The summed E-state index contributed by atoms with van der Waals surface area (Å²) >= 11 is 0. The van der Waals surface area contributed by atoms with Gasteiger partial charge in [0.1, 0.15) is 42.0 Å². The molecule has 0 spiro atoms. The van der Waals surface area contributed by atoms with Gasteiger partial charge in [0.05, 0.1) is 6.61 Å². The maximum absolute atomic E-state index is 12.1. The first-order valence-corrected chi connectivity index (χ1v) is 7.40. The molecule has 0 saturated carbocycles. The van der Waals surface area contributed by atoms with E-state index in [4.69, 9.17) is 14.3 Å². The Kier molecular flexibility index (Phi) is 6.10. The number of carbonyl (C=O) groups excluding carboxylic acids is 1. The minimum atomic E-state index is -1.64. The van der Waals surface area contributed by atoms with Crippen LogP contribution in [0.4, 0.5) is 0 Å². The first kappa shape index (κ1) is 18.2. The van der Waals surface area contributed by atoms with Crippen molar-refractivity contribution in [2.45, 2.75) is 31.8 Å². The smallest absolute Gasteiger partial charge is 0.342 e. The Morgan fingerprint density at radius 1 is 1.21 bits per heavy atom. The van der Waals surface area contributed by atoms with Crippen LogP contribution in [-0.4, -0.2) is 45.2 Å². The van der Waals surface area contributed by atoms with Gasteiger partial charge in [-0.25, -0.2) is 4.79 Å². The Morgan fingerprint density at radius 2 is 1.88 bits per heavy atom. The van der Waals surface area contributed by atoms with Gasteiger partial charge in [0.2, 0.25) is 0 Å². The summed E-state index contributed by atoms with van der Waals surface area (Å²) in [6, 6.07) is 10.4. The van der Waals surface area contributed by atoms with E-state index in [1.165, 1.54) is 13.0 Å².